The summed E-state index contributed by atoms with van der Waals surface area (Å²) < 4.78 is 35.6. The van der Waals surface area contributed by atoms with Gasteiger partial charge in [0.2, 0.25) is 11.7 Å². The first-order chi connectivity index (χ1) is 20.3. The number of aryl methyl sites for hydroxylation is 1. The van der Waals surface area contributed by atoms with E-state index in [-0.39, 0.29) is 55.0 Å². The van der Waals surface area contributed by atoms with Crippen molar-refractivity contribution in [1.82, 2.24) is 25.0 Å². The van der Waals surface area contributed by atoms with Gasteiger partial charge in [0.25, 0.3) is 5.91 Å². The SMILES string of the molecule is CCc1cc(Nc2nccn3c(-c4ccc(OC)c(F)c4F)cnc23)ccc1C(=O)NCC(O)CNC(=O)CCCN.Cl. The van der Waals surface area contributed by atoms with Crippen LogP contribution in [0.15, 0.2) is 48.9 Å². The van der Waals surface area contributed by atoms with Crippen molar-refractivity contribution in [3.8, 4) is 17.0 Å². The number of halogens is 3. The molecule has 14 heteroatoms. The summed E-state index contributed by atoms with van der Waals surface area (Å²) in [6.07, 6.45) is 4.96. The van der Waals surface area contributed by atoms with Gasteiger partial charge in [-0.1, -0.05) is 6.92 Å². The van der Waals surface area contributed by atoms with Crippen LogP contribution in [0.1, 0.15) is 35.7 Å². The highest BCUT2D eigenvalue weighted by Crippen LogP contribution is 2.31. The average Bonchev–Trinajstić information content (AvgIpc) is 3.43. The Labute approximate surface area is 253 Å². The lowest BCUT2D eigenvalue weighted by atomic mass is 10.0. The monoisotopic (exact) mass is 617 g/mol. The van der Waals surface area contributed by atoms with Crippen molar-refractivity contribution in [3.05, 3.63) is 71.7 Å². The van der Waals surface area contributed by atoms with Crippen LogP contribution in [0.3, 0.4) is 0 Å². The van der Waals surface area contributed by atoms with E-state index >= 15 is 0 Å². The number of hydrogen-bond acceptors (Lipinski definition) is 8. The van der Waals surface area contributed by atoms with Crippen molar-refractivity contribution in [2.45, 2.75) is 32.3 Å². The molecule has 0 aliphatic rings. The first-order valence-electron chi connectivity index (χ1n) is 13.4. The zero-order valence-corrected chi connectivity index (χ0v) is 24.5. The Morgan fingerprint density at radius 2 is 1.88 bits per heavy atom. The number of carbonyl (C=O) groups excluding carboxylic acids is 2. The van der Waals surface area contributed by atoms with E-state index in [1.54, 1.807) is 28.8 Å². The molecular formula is C29H34ClF2N7O4. The van der Waals surface area contributed by atoms with Crippen LogP contribution in [0.25, 0.3) is 16.9 Å². The third kappa shape index (κ3) is 7.74. The minimum atomic E-state index is -1.09. The molecule has 0 spiro atoms. The van der Waals surface area contributed by atoms with Gasteiger partial charge in [0.05, 0.1) is 25.1 Å². The molecule has 0 saturated carbocycles. The van der Waals surface area contributed by atoms with Crippen LogP contribution in [-0.2, 0) is 11.2 Å². The zero-order chi connectivity index (χ0) is 30.2. The number of fused-ring (bicyclic) bond motifs is 1. The number of nitrogens with one attached hydrogen (secondary N) is 3. The summed E-state index contributed by atoms with van der Waals surface area (Å²) in [7, 11) is 1.26. The summed E-state index contributed by atoms with van der Waals surface area (Å²) >= 11 is 0. The predicted octanol–water partition coefficient (Wildman–Crippen LogP) is 3.36. The van der Waals surface area contributed by atoms with E-state index in [1.807, 2.05) is 6.92 Å². The Morgan fingerprint density at radius 3 is 2.60 bits per heavy atom. The number of benzene rings is 2. The number of aliphatic hydroxyl groups excluding tert-OH is 1. The maximum absolute atomic E-state index is 14.8. The number of anilines is 2. The number of rotatable bonds is 13. The lowest BCUT2D eigenvalue weighted by molar-refractivity contribution is -0.121. The smallest absolute Gasteiger partial charge is 0.251 e. The highest BCUT2D eigenvalue weighted by Gasteiger charge is 2.20. The Kier molecular flexibility index (Phi) is 11.8. The van der Waals surface area contributed by atoms with Crippen LogP contribution in [0.4, 0.5) is 20.3 Å². The van der Waals surface area contributed by atoms with Gasteiger partial charge in [0, 0.05) is 48.7 Å². The number of aliphatic hydroxyl groups is 1. The second-order valence-electron chi connectivity index (χ2n) is 9.47. The maximum Gasteiger partial charge on any atom is 0.251 e. The van der Waals surface area contributed by atoms with Gasteiger partial charge in [-0.2, -0.15) is 4.39 Å². The van der Waals surface area contributed by atoms with Crippen molar-refractivity contribution in [3.63, 3.8) is 0 Å². The Hall–Kier alpha value is -4.33. The number of ether oxygens (including phenoxy) is 1. The number of hydrogen-bond donors (Lipinski definition) is 5. The van der Waals surface area contributed by atoms with Crippen molar-refractivity contribution in [2.24, 2.45) is 5.73 Å². The molecule has 6 N–H and O–H groups in total. The minimum absolute atomic E-state index is 0. The molecule has 11 nitrogen and oxygen atoms in total. The van der Waals surface area contributed by atoms with Crippen molar-refractivity contribution < 1.29 is 28.2 Å². The van der Waals surface area contributed by atoms with Crippen molar-refractivity contribution >= 4 is 41.4 Å². The Bertz CT molecular complexity index is 1580. The van der Waals surface area contributed by atoms with Crippen LogP contribution in [-0.4, -0.2) is 64.1 Å². The number of imidazole rings is 1. The van der Waals surface area contributed by atoms with Crippen LogP contribution < -0.4 is 26.4 Å². The van der Waals surface area contributed by atoms with Gasteiger partial charge >= 0.3 is 0 Å². The van der Waals surface area contributed by atoms with Crippen LogP contribution in [0.2, 0.25) is 0 Å². The number of aromatic nitrogens is 3. The molecular weight excluding hydrogens is 584 g/mol. The van der Waals surface area contributed by atoms with Crippen LogP contribution in [0, 0.1) is 11.6 Å². The standard InChI is InChI=1S/C29H33F2N7O4.ClH/c1-3-17-13-18(6-7-20(17)29(41)36-15-19(39)14-34-24(40)5-4-10-32)37-27-28-35-16-22(38(28)12-11-33-27)21-8-9-23(42-2)26(31)25(21)30;/h6-9,11-13,16,19,39H,3-5,10,14-15,32H2,1-2H3,(H,33,37)(H,34,40)(H,36,41);1H. The van der Waals surface area contributed by atoms with E-state index in [4.69, 9.17) is 10.5 Å². The van der Waals surface area contributed by atoms with Gasteiger partial charge in [-0.25, -0.2) is 14.4 Å². The summed E-state index contributed by atoms with van der Waals surface area (Å²) in [4.78, 5) is 33.3. The van der Waals surface area contributed by atoms with Gasteiger partial charge in [-0.15, -0.1) is 12.4 Å². The summed E-state index contributed by atoms with van der Waals surface area (Å²) in [6.45, 7) is 2.29. The molecule has 0 aliphatic carbocycles. The molecule has 4 rings (SSSR count). The molecule has 43 heavy (non-hydrogen) atoms. The Balaban J connectivity index is 0.00000506. The van der Waals surface area contributed by atoms with Gasteiger partial charge < -0.3 is 31.5 Å². The average molecular weight is 618 g/mol. The molecule has 2 heterocycles. The quantitative estimate of drug-likeness (QED) is 0.153. The molecule has 0 aliphatic heterocycles. The third-order valence-corrected chi connectivity index (χ3v) is 6.61. The van der Waals surface area contributed by atoms with Gasteiger partial charge in [-0.3, -0.25) is 14.0 Å². The number of nitrogens with two attached hydrogens (primary N) is 1. The summed E-state index contributed by atoms with van der Waals surface area (Å²) in [5.41, 5.74) is 7.93. The second kappa shape index (κ2) is 15.2. The molecule has 1 unspecified atom stereocenters. The molecule has 230 valence electrons. The molecule has 1 atom stereocenters. The molecule has 2 aromatic heterocycles. The largest absolute Gasteiger partial charge is 0.494 e. The lowest BCUT2D eigenvalue weighted by Crippen LogP contribution is -2.40. The van der Waals surface area contributed by atoms with E-state index in [1.165, 1.54) is 31.6 Å². The normalized spacial score (nSPS) is 11.5. The first-order valence-corrected chi connectivity index (χ1v) is 13.4. The third-order valence-electron chi connectivity index (χ3n) is 6.61. The molecule has 2 amide bonds. The maximum atomic E-state index is 14.8. The van der Waals surface area contributed by atoms with Crippen LogP contribution >= 0.6 is 12.4 Å². The van der Waals surface area contributed by atoms with Gasteiger partial charge in [0.15, 0.2) is 23.0 Å². The highest BCUT2D eigenvalue weighted by atomic mass is 35.5. The van der Waals surface area contributed by atoms with Crippen molar-refractivity contribution in [1.29, 1.82) is 0 Å². The van der Waals surface area contributed by atoms with E-state index in [0.717, 1.165) is 5.56 Å². The number of nitrogens with zero attached hydrogens (tertiary/aromatic N) is 3. The highest BCUT2D eigenvalue weighted by molar-refractivity contribution is 5.96. The first kappa shape index (κ1) is 33.2. The summed E-state index contributed by atoms with van der Waals surface area (Å²) in [6, 6.07) is 7.93. The number of amides is 2. The molecule has 0 radical (unpaired) electrons. The Morgan fingerprint density at radius 1 is 1.12 bits per heavy atom. The minimum Gasteiger partial charge on any atom is -0.494 e. The zero-order valence-electron chi connectivity index (χ0n) is 23.7. The van der Waals surface area contributed by atoms with Crippen LogP contribution in [0.5, 0.6) is 5.75 Å². The fraction of sp³-hybridized carbons (Fsp3) is 0.310. The summed E-state index contributed by atoms with van der Waals surface area (Å²) in [5.74, 6) is -2.54. The van der Waals surface area contributed by atoms with E-state index in [2.05, 4.69) is 25.9 Å². The predicted molar refractivity (Wildman–Crippen MR) is 161 cm³/mol. The number of carbonyl (C=O) groups is 2. The fourth-order valence-electron chi connectivity index (χ4n) is 4.38. The van der Waals surface area contributed by atoms with E-state index in [9.17, 15) is 23.5 Å². The van der Waals surface area contributed by atoms with Gasteiger partial charge in [0.1, 0.15) is 0 Å². The molecule has 0 saturated heterocycles. The topological polar surface area (TPSA) is 156 Å². The summed E-state index contributed by atoms with van der Waals surface area (Å²) in [5, 5.41) is 18.6. The molecule has 0 bridgehead atoms. The molecule has 4 aromatic rings. The fourth-order valence-corrected chi connectivity index (χ4v) is 4.38. The number of methoxy groups -OCH3 is 1. The molecule has 2 aromatic carbocycles. The second-order valence-corrected chi connectivity index (χ2v) is 9.47. The molecule has 0 fully saturated rings. The van der Waals surface area contributed by atoms with Crippen molar-refractivity contribution in [2.75, 3.05) is 32.1 Å². The lowest BCUT2D eigenvalue weighted by Gasteiger charge is -2.15. The van der Waals surface area contributed by atoms with E-state index in [0.29, 0.717) is 47.8 Å². The van der Waals surface area contributed by atoms with Gasteiger partial charge in [-0.05, 0) is 55.3 Å². The van der Waals surface area contributed by atoms with E-state index < -0.39 is 17.7 Å².